The van der Waals surface area contributed by atoms with Crippen LogP contribution in [-0.4, -0.2) is 47.2 Å². The molecule has 2 heterocycles. The van der Waals surface area contributed by atoms with Crippen molar-refractivity contribution in [2.24, 2.45) is 0 Å². The molecule has 0 saturated carbocycles. The SMILES string of the molecule is O=C(O)c1cc(F)cc(N2CCN(c3ncccn3)CC2)c1. The summed E-state index contributed by atoms with van der Waals surface area (Å²) in [5.74, 6) is -0.992. The topological polar surface area (TPSA) is 69.6 Å². The highest BCUT2D eigenvalue weighted by molar-refractivity contribution is 5.88. The van der Waals surface area contributed by atoms with Gasteiger partial charge in [-0.05, 0) is 24.3 Å². The Hall–Kier alpha value is -2.70. The Labute approximate surface area is 126 Å². The van der Waals surface area contributed by atoms with Gasteiger partial charge in [-0.1, -0.05) is 0 Å². The van der Waals surface area contributed by atoms with Crippen molar-refractivity contribution >= 4 is 17.6 Å². The van der Waals surface area contributed by atoms with Crippen LogP contribution >= 0.6 is 0 Å². The summed E-state index contributed by atoms with van der Waals surface area (Å²) in [5.41, 5.74) is 0.551. The summed E-state index contributed by atoms with van der Waals surface area (Å²) < 4.78 is 13.6. The first-order chi connectivity index (χ1) is 10.6. The lowest BCUT2D eigenvalue weighted by Gasteiger charge is -2.36. The van der Waals surface area contributed by atoms with Gasteiger partial charge in [0.25, 0.3) is 0 Å². The lowest BCUT2D eigenvalue weighted by atomic mass is 10.1. The second kappa shape index (κ2) is 5.97. The number of halogens is 1. The van der Waals surface area contributed by atoms with E-state index in [9.17, 15) is 9.18 Å². The largest absolute Gasteiger partial charge is 0.478 e. The molecule has 6 nitrogen and oxygen atoms in total. The second-order valence-electron chi connectivity index (χ2n) is 5.03. The molecular weight excluding hydrogens is 287 g/mol. The summed E-state index contributed by atoms with van der Waals surface area (Å²) in [5, 5.41) is 9.01. The Balaban J connectivity index is 1.73. The summed E-state index contributed by atoms with van der Waals surface area (Å²) >= 11 is 0. The molecule has 1 aromatic carbocycles. The van der Waals surface area contributed by atoms with Crippen molar-refractivity contribution in [3.63, 3.8) is 0 Å². The highest BCUT2D eigenvalue weighted by atomic mass is 19.1. The van der Waals surface area contributed by atoms with Crippen molar-refractivity contribution in [1.29, 1.82) is 0 Å². The van der Waals surface area contributed by atoms with E-state index in [0.717, 1.165) is 6.07 Å². The minimum atomic E-state index is -1.13. The number of rotatable bonds is 3. The van der Waals surface area contributed by atoms with Gasteiger partial charge < -0.3 is 14.9 Å². The van der Waals surface area contributed by atoms with Crippen molar-refractivity contribution in [1.82, 2.24) is 9.97 Å². The fraction of sp³-hybridized carbons (Fsp3) is 0.267. The van der Waals surface area contributed by atoms with Gasteiger partial charge in [-0.15, -0.1) is 0 Å². The Bertz CT molecular complexity index is 672. The molecule has 22 heavy (non-hydrogen) atoms. The Morgan fingerprint density at radius 3 is 2.32 bits per heavy atom. The van der Waals surface area contributed by atoms with Gasteiger partial charge in [-0.2, -0.15) is 0 Å². The third-order valence-electron chi connectivity index (χ3n) is 3.61. The van der Waals surface area contributed by atoms with Gasteiger partial charge in [0.15, 0.2) is 0 Å². The van der Waals surface area contributed by atoms with Crippen LogP contribution in [0.1, 0.15) is 10.4 Å². The second-order valence-corrected chi connectivity index (χ2v) is 5.03. The van der Waals surface area contributed by atoms with Gasteiger partial charge in [-0.25, -0.2) is 19.2 Å². The first kappa shape index (κ1) is 14.2. The molecule has 2 aromatic rings. The van der Waals surface area contributed by atoms with Crippen molar-refractivity contribution in [3.8, 4) is 0 Å². The molecule has 0 unspecified atom stereocenters. The maximum atomic E-state index is 13.6. The summed E-state index contributed by atoms with van der Waals surface area (Å²) in [4.78, 5) is 23.5. The number of benzene rings is 1. The molecular formula is C15H15FN4O2. The normalized spacial score (nSPS) is 15.0. The molecule has 1 fully saturated rings. The smallest absolute Gasteiger partial charge is 0.335 e. The number of aromatic carboxylic acids is 1. The fourth-order valence-corrected chi connectivity index (χ4v) is 2.50. The van der Waals surface area contributed by atoms with Crippen molar-refractivity contribution in [2.45, 2.75) is 0 Å². The van der Waals surface area contributed by atoms with Crippen molar-refractivity contribution < 1.29 is 14.3 Å². The zero-order valence-corrected chi connectivity index (χ0v) is 11.8. The zero-order chi connectivity index (χ0) is 15.5. The van der Waals surface area contributed by atoms with E-state index in [2.05, 4.69) is 9.97 Å². The molecule has 1 aliphatic rings. The standard InChI is InChI=1S/C15H15FN4O2/c16-12-8-11(14(21)22)9-13(10-12)19-4-6-20(7-5-19)15-17-2-1-3-18-15/h1-3,8-10H,4-7H2,(H,21,22). The molecule has 7 heteroatoms. The molecule has 1 aromatic heterocycles. The molecule has 0 aliphatic carbocycles. The van der Waals surface area contributed by atoms with Crippen LogP contribution in [0.25, 0.3) is 0 Å². The summed E-state index contributed by atoms with van der Waals surface area (Å²) in [6, 6.07) is 5.65. The minimum absolute atomic E-state index is 0.0381. The van der Waals surface area contributed by atoms with E-state index >= 15 is 0 Å². The molecule has 0 spiro atoms. The average molecular weight is 302 g/mol. The van der Waals surface area contributed by atoms with E-state index in [1.165, 1.54) is 12.1 Å². The number of carbonyl (C=O) groups is 1. The average Bonchev–Trinajstić information content (AvgIpc) is 2.55. The van der Waals surface area contributed by atoms with Crippen LogP contribution in [-0.2, 0) is 0 Å². The van der Waals surface area contributed by atoms with Gasteiger partial charge in [0, 0.05) is 44.3 Å². The van der Waals surface area contributed by atoms with Crippen LogP contribution < -0.4 is 9.80 Å². The van der Waals surface area contributed by atoms with Gasteiger partial charge in [-0.3, -0.25) is 0 Å². The van der Waals surface area contributed by atoms with Crippen molar-refractivity contribution in [2.75, 3.05) is 36.0 Å². The molecule has 1 aliphatic heterocycles. The quantitative estimate of drug-likeness (QED) is 0.929. The van der Waals surface area contributed by atoms with E-state index in [1.807, 2.05) is 9.80 Å². The van der Waals surface area contributed by atoms with Gasteiger partial charge in [0.05, 0.1) is 5.56 Å². The summed E-state index contributed by atoms with van der Waals surface area (Å²) in [6.45, 7) is 2.70. The number of carboxylic acid groups (broad SMARTS) is 1. The van der Waals surface area contributed by atoms with Gasteiger partial charge in [0.2, 0.25) is 5.95 Å². The maximum absolute atomic E-state index is 13.6. The Kier molecular flexibility index (Phi) is 3.86. The molecule has 0 atom stereocenters. The van der Waals surface area contributed by atoms with Gasteiger partial charge in [0.1, 0.15) is 5.82 Å². The van der Waals surface area contributed by atoms with E-state index in [1.54, 1.807) is 18.5 Å². The number of carboxylic acids is 1. The lowest BCUT2D eigenvalue weighted by molar-refractivity contribution is 0.0696. The predicted molar refractivity (Wildman–Crippen MR) is 79.8 cm³/mol. The van der Waals surface area contributed by atoms with Crippen LogP contribution in [0.4, 0.5) is 16.0 Å². The third kappa shape index (κ3) is 2.98. The Morgan fingerprint density at radius 2 is 1.68 bits per heavy atom. The number of aromatic nitrogens is 2. The Morgan fingerprint density at radius 1 is 1.05 bits per heavy atom. The van der Waals surface area contributed by atoms with E-state index in [4.69, 9.17) is 5.11 Å². The number of hydrogen-bond donors (Lipinski definition) is 1. The summed E-state index contributed by atoms with van der Waals surface area (Å²) in [6.07, 6.45) is 3.39. The van der Waals surface area contributed by atoms with Crippen LogP contribution in [0.15, 0.2) is 36.7 Å². The maximum Gasteiger partial charge on any atom is 0.335 e. The number of anilines is 2. The van der Waals surface area contributed by atoms with Crippen LogP contribution in [0.5, 0.6) is 0 Å². The molecule has 0 bridgehead atoms. The molecule has 0 radical (unpaired) electrons. The highest BCUT2D eigenvalue weighted by Crippen LogP contribution is 2.21. The lowest BCUT2D eigenvalue weighted by Crippen LogP contribution is -2.47. The van der Waals surface area contributed by atoms with Crippen molar-refractivity contribution in [3.05, 3.63) is 48.0 Å². The van der Waals surface area contributed by atoms with Crippen LogP contribution in [0.2, 0.25) is 0 Å². The number of piperazine rings is 1. The number of hydrogen-bond acceptors (Lipinski definition) is 5. The van der Waals surface area contributed by atoms with Gasteiger partial charge >= 0.3 is 5.97 Å². The predicted octanol–water partition coefficient (Wildman–Crippen LogP) is 1.64. The van der Waals surface area contributed by atoms with E-state index in [0.29, 0.717) is 37.8 Å². The molecule has 114 valence electrons. The monoisotopic (exact) mass is 302 g/mol. The zero-order valence-electron chi connectivity index (χ0n) is 11.8. The highest BCUT2D eigenvalue weighted by Gasteiger charge is 2.20. The molecule has 1 N–H and O–H groups in total. The van der Waals surface area contributed by atoms with Crippen LogP contribution in [0.3, 0.4) is 0 Å². The molecule has 1 saturated heterocycles. The number of nitrogens with zero attached hydrogens (tertiary/aromatic N) is 4. The molecule has 0 amide bonds. The van der Waals surface area contributed by atoms with E-state index < -0.39 is 11.8 Å². The minimum Gasteiger partial charge on any atom is -0.478 e. The van der Waals surface area contributed by atoms with Crippen LogP contribution in [0, 0.1) is 5.82 Å². The molecule has 3 rings (SSSR count). The first-order valence-corrected chi connectivity index (χ1v) is 6.94. The van der Waals surface area contributed by atoms with E-state index in [-0.39, 0.29) is 5.56 Å². The third-order valence-corrected chi connectivity index (χ3v) is 3.61. The first-order valence-electron chi connectivity index (χ1n) is 6.94. The fourth-order valence-electron chi connectivity index (χ4n) is 2.50. The summed E-state index contributed by atoms with van der Waals surface area (Å²) in [7, 11) is 0.